The number of alkyl halides is 1. The van der Waals surface area contributed by atoms with Crippen molar-refractivity contribution < 1.29 is 0 Å². The van der Waals surface area contributed by atoms with E-state index in [-0.39, 0.29) is 0 Å². The van der Waals surface area contributed by atoms with Crippen LogP contribution in [0, 0.1) is 23.7 Å². The Labute approximate surface area is 130 Å². The van der Waals surface area contributed by atoms with E-state index in [9.17, 15) is 0 Å². The predicted molar refractivity (Wildman–Crippen MR) is 91.4 cm³/mol. The lowest BCUT2D eigenvalue weighted by molar-refractivity contribution is 0.457. The zero-order valence-electron chi connectivity index (χ0n) is 13.0. The summed E-state index contributed by atoms with van der Waals surface area (Å²) in [6.45, 7) is 11.8. The summed E-state index contributed by atoms with van der Waals surface area (Å²) in [7, 11) is 0. The molecule has 0 saturated heterocycles. The average Bonchev–Trinajstić information content (AvgIpc) is 2.79. The molecule has 2 aromatic carbocycles. The third kappa shape index (κ3) is 1.79. The zero-order chi connectivity index (χ0) is 14.7. The van der Waals surface area contributed by atoms with Gasteiger partial charge in [0, 0.05) is 4.83 Å². The Morgan fingerprint density at radius 2 is 1.55 bits per heavy atom. The number of rotatable bonds is 2. The smallest absolute Gasteiger partial charge is 0.0442 e. The molecule has 0 heterocycles. The van der Waals surface area contributed by atoms with Crippen LogP contribution in [0.15, 0.2) is 36.4 Å². The maximum Gasteiger partial charge on any atom is 0.0442 e. The molecule has 1 unspecified atom stereocenters. The standard InChI is InChI=1S/C19H23Br/c1-12-10-11-13-8-6-7-9-14(13)15(12)16(20)17-18(2,3)19(17,4)5/h6-11,16-17H,1-5H3. The molecule has 106 valence electrons. The molecule has 1 atom stereocenters. The summed E-state index contributed by atoms with van der Waals surface area (Å²) in [6, 6.07) is 13.2. The highest BCUT2D eigenvalue weighted by molar-refractivity contribution is 9.09. The number of hydrogen-bond acceptors (Lipinski definition) is 0. The van der Waals surface area contributed by atoms with E-state index in [4.69, 9.17) is 0 Å². The summed E-state index contributed by atoms with van der Waals surface area (Å²) < 4.78 is 0. The van der Waals surface area contributed by atoms with Crippen molar-refractivity contribution in [2.75, 3.05) is 0 Å². The normalized spacial score (nSPS) is 21.9. The predicted octanol–water partition coefficient (Wildman–Crippen LogP) is 6.27. The molecule has 0 aliphatic heterocycles. The van der Waals surface area contributed by atoms with Gasteiger partial charge in [0.2, 0.25) is 0 Å². The van der Waals surface area contributed by atoms with Gasteiger partial charge < -0.3 is 0 Å². The summed E-state index contributed by atoms with van der Waals surface area (Å²) in [6.07, 6.45) is 0. The molecule has 0 radical (unpaired) electrons. The van der Waals surface area contributed by atoms with Crippen LogP contribution in [0.4, 0.5) is 0 Å². The van der Waals surface area contributed by atoms with Crippen LogP contribution in [-0.4, -0.2) is 0 Å². The molecule has 1 aliphatic rings. The molecule has 0 nitrogen and oxygen atoms in total. The second-order valence-electron chi connectivity index (χ2n) is 7.34. The van der Waals surface area contributed by atoms with Crippen molar-refractivity contribution >= 4 is 26.7 Å². The van der Waals surface area contributed by atoms with Crippen LogP contribution in [0.2, 0.25) is 0 Å². The van der Waals surface area contributed by atoms with Crippen molar-refractivity contribution in [2.24, 2.45) is 16.7 Å². The lowest BCUT2D eigenvalue weighted by atomic mass is 9.93. The topological polar surface area (TPSA) is 0 Å². The lowest BCUT2D eigenvalue weighted by Gasteiger charge is -2.18. The van der Waals surface area contributed by atoms with E-state index in [1.54, 1.807) is 0 Å². The molecule has 1 fully saturated rings. The summed E-state index contributed by atoms with van der Waals surface area (Å²) in [5, 5.41) is 2.74. The van der Waals surface area contributed by atoms with E-state index in [1.165, 1.54) is 21.9 Å². The number of halogens is 1. The Bertz CT molecular complexity index is 653. The van der Waals surface area contributed by atoms with E-state index in [0.717, 1.165) is 0 Å². The monoisotopic (exact) mass is 330 g/mol. The van der Waals surface area contributed by atoms with Crippen molar-refractivity contribution in [1.82, 2.24) is 0 Å². The number of hydrogen-bond donors (Lipinski definition) is 0. The minimum atomic E-state index is 0.393. The molecule has 0 aromatic heterocycles. The minimum absolute atomic E-state index is 0.393. The van der Waals surface area contributed by atoms with Gasteiger partial charge in [-0.15, -0.1) is 0 Å². The van der Waals surface area contributed by atoms with Crippen LogP contribution in [-0.2, 0) is 0 Å². The number of fused-ring (bicyclic) bond motifs is 1. The maximum absolute atomic E-state index is 4.04. The maximum atomic E-state index is 4.04. The Morgan fingerprint density at radius 1 is 0.950 bits per heavy atom. The molecule has 0 spiro atoms. The van der Waals surface area contributed by atoms with Crippen molar-refractivity contribution in [3.05, 3.63) is 47.5 Å². The van der Waals surface area contributed by atoms with Gasteiger partial charge in [-0.05, 0) is 45.6 Å². The molecule has 20 heavy (non-hydrogen) atoms. The Balaban J connectivity index is 2.14. The lowest BCUT2D eigenvalue weighted by Crippen LogP contribution is -2.02. The fourth-order valence-electron chi connectivity index (χ4n) is 3.92. The van der Waals surface area contributed by atoms with Gasteiger partial charge >= 0.3 is 0 Å². The molecule has 0 amide bonds. The largest absolute Gasteiger partial charge is 0.0835 e. The fourth-order valence-corrected chi connectivity index (χ4v) is 5.85. The number of aryl methyl sites for hydroxylation is 1. The summed E-state index contributed by atoms with van der Waals surface area (Å²) in [4.78, 5) is 0.429. The van der Waals surface area contributed by atoms with Gasteiger partial charge in [-0.3, -0.25) is 0 Å². The highest BCUT2D eigenvalue weighted by Crippen LogP contribution is 2.74. The van der Waals surface area contributed by atoms with E-state index >= 15 is 0 Å². The summed E-state index contributed by atoms with van der Waals surface area (Å²) in [5.74, 6) is 0.680. The molecule has 0 bridgehead atoms. The van der Waals surface area contributed by atoms with Crippen molar-refractivity contribution in [3.8, 4) is 0 Å². The third-order valence-corrected chi connectivity index (χ3v) is 6.88. The molecule has 1 aliphatic carbocycles. The van der Waals surface area contributed by atoms with Gasteiger partial charge in [0.15, 0.2) is 0 Å². The summed E-state index contributed by atoms with van der Waals surface area (Å²) >= 11 is 4.04. The molecule has 1 saturated carbocycles. The third-order valence-electron chi connectivity index (χ3n) is 5.89. The Morgan fingerprint density at radius 3 is 2.15 bits per heavy atom. The molecule has 0 N–H and O–H groups in total. The van der Waals surface area contributed by atoms with Gasteiger partial charge in [0.25, 0.3) is 0 Å². The van der Waals surface area contributed by atoms with E-state index in [2.05, 4.69) is 86.9 Å². The average molecular weight is 331 g/mol. The van der Waals surface area contributed by atoms with Gasteiger partial charge in [0.1, 0.15) is 0 Å². The van der Waals surface area contributed by atoms with Crippen molar-refractivity contribution in [3.63, 3.8) is 0 Å². The molecule has 1 heteroatoms. The second-order valence-corrected chi connectivity index (χ2v) is 8.33. The Hall–Kier alpha value is -0.820. The zero-order valence-corrected chi connectivity index (χ0v) is 14.6. The Kier molecular flexibility index (Phi) is 3.06. The van der Waals surface area contributed by atoms with Crippen LogP contribution in [0.3, 0.4) is 0 Å². The first-order valence-electron chi connectivity index (χ1n) is 7.41. The molecular formula is C19H23Br. The van der Waals surface area contributed by atoms with Crippen LogP contribution in [0.5, 0.6) is 0 Å². The second kappa shape index (κ2) is 4.34. The highest BCUT2D eigenvalue weighted by Gasteiger charge is 2.67. The van der Waals surface area contributed by atoms with Crippen LogP contribution in [0.1, 0.15) is 43.6 Å². The first kappa shape index (κ1) is 14.1. The van der Waals surface area contributed by atoms with E-state index < -0.39 is 0 Å². The highest BCUT2D eigenvalue weighted by atomic mass is 79.9. The van der Waals surface area contributed by atoms with Gasteiger partial charge in [0.05, 0.1) is 0 Å². The van der Waals surface area contributed by atoms with E-state index in [0.29, 0.717) is 21.6 Å². The summed E-state index contributed by atoms with van der Waals surface area (Å²) in [5.41, 5.74) is 3.66. The van der Waals surface area contributed by atoms with Crippen LogP contribution in [0.25, 0.3) is 10.8 Å². The van der Waals surface area contributed by atoms with E-state index in [1.807, 2.05) is 0 Å². The van der Waals surface area contributed by atoms with Crippen molar-refractivity contribution in [2.45, 2.75) is 39.4 Å². The minimum Gasteiger partial charge on any atom is -0.0835 e. The van der Waals surface area contributed by atoms with Crippen LogP contribution < -0.4 is 0 Å². The quantitative estimate of drug-likeness (QED) is 0.569. The molecule has 2 aromatic rings. The first-order valence-corrected chi connectivity index (χ1v) is 8.32. The molecule has 3 rings (SSSR count). The SMILES string of the molecule is Cc1ccc2ccccc2c1C(Br)C1C(C)(C)C1(C)C. The molecular weight excluding hydrogens is 308 g/mol. The fraction of sp³-hybridized carbons (Fsp3) is 0.474. The van der Waals surface area contributed by atoms with Gasteiger partial charge in [-0.2, -0.15) is 0 Å². The van der Waals surface area contributed by atoms with Crippen LogP contribution >= 0.6 is 15.9 Å². The van der Waals surface area contributed by atoms with Crippen molar-refractivity contribution in [1.29, 1.82) is 0 Å². The number of benzene rings is 2. The van der Waals surface area contributed by atoms with Gasteiger partial charge in [-0.1, -0.05) is 80.0 Å². The first-order chi connectivity index (χ1) is 9.28. The van der Waals surface area contributed by atoms with Gasteiger partial charge in [-0.25, -0.2) is 0 Å².